The van der Waals surface area contributed by atoms with Crippen molar-refractivity contribution in [1.29, 1.82) is 0 Å². The van der Waals surface area contributed by atoms with Crippen LogP contribution < -0.4 is 4.74 Å². The highest BCUT2D eigenvalue weighted by atomic mass is 19.1. The normalized spacial score (nSPS) is 15.7. The summed E-state index contributed by atoms with van der Waals surface area (Å²) >= 11 is 0. The molecule has 1 fully saturated rings. The van der Waals surface area contributed by atoms with Crippen LogP contribution in [-0.2, 0) is 11.3 Å². The van der Waals surface area contributed by atoms with E-state index in [1.807, 2.05) is 12.1 Å². The maximum absolute atomic E-state index is 13.7. The zero-order valence-corrected chi connectivity index (χ0v) is 14.2. The highest BCUT2D eigenvalue weighted by Gasteiger charge is 2.20. The summed E-state index contributed by atoms with van der Waals surface area (Å²) in [6.45, 7) is 3.70. The summed E-state index contributed by atoms with van der Waals surface area (Å²) in [7, 11) is 1.42. The van der Waals surface area contributed by atoms with Crippen molar-refractivity contribution in [2.45, 2.75) is 6.54 Å². The molecule has 5 nitrogen and oxygen atoms in total. The van der Waals surface area contributed by atoms with Crippen LogP contribution in [0.2, 0.25) is 0 Å². The highest BCUT2D eigenvalue weighted by molar-refractivity contribution is 5.91. The molecule has 0 saturated carbocycles. The molecule has 6 heteroatoms. The lowest BCUT2D eigenvalue weighted by atomic mass is 10.2. The van der Waals surface area contributed by atoms with Crippen LogP contribution in [0.25, 0.3) is 6.08 Å². The smallest absolute Gasteiger partial charge is 0.246 e. The standard InChI is InChI=1S/C19H21FN2O3/c1-24-18-6-4-15(13-17(18)20)5-7-19(23)22-10-8-21(9-11-22)14-16-3-2-12-25-16/h2-7,12-13H,8-11,14H2,1H3/b7-5+. The maximum atomic E-state index is 13.7. The number of methoxy groups -OCH3 is 1. The fraction of sp³-hybridized carbons (Fsp3) is 0.316. The predicted octanol–water partition coefficient (Wildman–Crippen LogP) is 2.78. The molecule has 0 unspecified atom stereocenters. The average molecular weight is 344 g/mol. The molecule has 1 aromatic heterocycles. The first-order valence-corrected chi connectivity index (χ1v) is 8.21. The number of rotatable bonds is 5. The quantitative estimate of drug-likeness (QED) is 0.783. The number of halogens is 1. The van der Waals surface area contributed by atoms with Gasteiger partial charge in [-0.2, -0.15) is 0 Å². The summed E-state index contributed by atoms with van der Waals surface area (Å²) in [5, 5.41) is 0. The van der Waals surface area contributed by atoms with Gasteiger partial charge in [-0.15, -0.1) is 0 Å². The van der Waals surface area contributed by atoms with Gasteiger partial charge in [0.15, 0.2) is 11.6 Å². The van der Waals surface area contributed by atoms with Crippen molar-refractivity contribution in [2.75, 3.05) is 33.3 Å². The topological polar surface area (TPSA) is 45.9 Å². The highest BCUT2D eigenvalue weighted by Crippen LogP contribution is 2.18. The molecule has 25 heavy (non-hydrogen) atoms. The minimum atomic E-state index is -0.441. The molecule has 0 N–H and O–H groups in total. The SMILES string of the molecule is COc1ccc(/C=C/C(=O)N2CCN(Cc3ccco3)CC2)cc1F. The van der Waals surface area contributed by atoms with Gasteiger partial charge < -0.3 is 14.1 Å². The number of hydrogen-bond acceptors (Lipinski definition) is 4. The van der Waals surface area contributed by atoms with Gasteiger partial charge in [0.25, 0.3) is 0 Å². The Kier molecular flexibility index (Phi) is 5.50. The number of benzene rings is 1. The van der Waals surface area contributed by atoms with Crippen molar-refractivity contribution in [2.24, 2.45) is 0 Å². The molecule has 1 aliphatic rings. The van der Waals surface area contributed by atoms with E-state index in [0.29, 0.717) is 18.7 Å². The molecular weight excluding hydrogens is 323 g/mol. The first kappa shape index (κ1) is 17.2. The van der Waals surface area contributed by atoms with E-state index in [9.17, 15) is 9.18 Å². The summed E-state index contributed by atoms with van der Waals surface area (Å²) in [5.74, 6) is 0.620. The minimum Gasteiger partial charge on any atom is -0.494 e. The van der Waals surface area contributed by atoms with E-state index < -0.39 is 5.82 Å². The number of furan rings is 1. The Morgan fingerprint density at radius 1 is 1.28 bits per heavy atom. The summed E-state index contributed by atoms with van der Waals surface area (Å²) in [6.07, 6.45) is 4.78. The van der Waals surface area contributed by atoms with E-state index in [4.69, 9.17) is 9.15 Å². The van der Waals surface area contributed by atoms with E-state index in [0.717, 1.165) is 25.4 Å². The lowest BCUT2D eigenvalue weighted by Gasteiger charge is -2.33. The lowest BCUT2D eigenvalue weighted by molar-refractivity contribution is -0.127. The van der Waals surface area contributed by atoms with Crippen molar-refractivity contribution in [3.8, 4) is 5.75 Å². The average Bonchev–Trinajstić information content (AvgIpc) is 3.13. The van der Waals surface area contributed by atoms with E-state index in [1.165, 1.54) is 19.3 Å². The van der Waals surface area contributed by atoms with E-state index in [-0.39, 0.29) is 11.7 Å². The van der Waals surface area contributed by atoms with Crippen LogP contribution in [0.4, 0.5) is 4.39 Å². The molecule has 1 aromatic carbocycles. The molecule has 2 heterocycles. The molecule has 0 radical (unpaired) electrons. The number of ether oxygens (including phenoxy) is 1. The van der Waals surface area contributed by atoms with Crippen LogP contribution in [-0.4, -0.2) is 49.0 Å². The Morgan fingerprint density at radius 3 is 2.72 bits per heavy atom. The van der Waals surface area contributed by atoms with Gasteiger partial charge in [0, 0.05) is 32.3 Å². The molecule has 0 spiro atoms. The first-order chi connectivity index (χ1) is 12.2. The van der Waals surface area contributed by atoms with Gasteiger partial charge in [0.05, 0.1) is 19.9 Å². The van der Waals surface area contributed by atoms with Crippen LogP contribution in [0, 0.1) is 5.82 Å². The third-order valence-electron chi connectivity index (χ3n) is 4.24. The predicted molar refractivity (Wildman–Crippen MR) is 92.6 cm³/mol. The Morgan fingerprint density at radius 2 is 2.08 bits per heavy atom. The Hall–Kier alpha value is -2.60. The summed E-state index contributed by atoms with van der Waals surface area (Å²) in [5.41, 5.74) is 0.628. The van der Waals surface area contributed by atoms with Gasteiger partial charge in [-0.25, -0.2) is 4.39 Å². The minimum absolute atomic E-state index is 0.0612. The largest absolute Gasteiger partial charge is 0.494 e. The molecule has 2 aromatic rings. The number of nitrogens with zero attached hydrogens (tertiary/aromatic N) is 2. The third-order valence-corrected chi connectivity index (χ3v) is 4.24. The second-order valence-corrected chi connectivity index (χ2v) is 5.91. The molecule has 1 saturated heterocycles. The molecule has 0 aliphatic carbocycles. The van der Waals surface area contributed by atoms with Crippen LogP contribution in [0.15, 0.2) is 47.1 Å². The number of carbonyl (C=O) groups excluding carboxylic acids is 1. The monoisotopic (exact) mass is 344 g/mol. The van der Waals surface area contributed by atoms with Crippen LogP contribution >= 0.6 is 0 Å². The van der Waals surface area contributed by atoms with Crippen molar-refractivity contribution in [3.63, 3.8) is 0 Å². The van der Waals surface area contributed by atoms with E-state index in [2.05, 4.69) is 4.90 Å². The van der Waals surface area contributed by atoms with Crippen LogP contribution in [0.3, 0.4) is 0 Å². The van der Waals surface area contributed by atoms with E-state index >= 15 is 0 Å². The van der Waals surface area contributed by atoms with Crippen molar-refractivity contribution in [1.82, 2.24) is 9.80 Å². The number of hydrogen-bond donors (Lipinski definition) is 0. The first-order valence-electron chi connectivity index (χ1n) is 8.21. The van der Waals surface area contributed by atoms with Crippen LogP contribution in [0.1, 0.15) is 11.3 Å². The molecule has 132 valence electrons. The van der Waals surface area contributed by atoms with Crippen molar-refractivity contribution < 1.29 is 18.3 Å². The van der Waals surface area contributed by atoms with Gasteiger partial charge in [0.1, 0.15) is 5.76 Å². The van der Waals surface area contributed by atoms with Crippen molar-refractivity contribution >= 4 is 12.0 Å². The second-order valence-electron chi connectivity index (χ2n) is 5.91. The number of carbonyl (C=O) groups is 1. The fourth-order valence-corrected chi connectivity index (χ4v) is 2.81. The number of piperazine rings is 1. The third kappa shape index (κ3) is 4.48. The number of amides is 1. The van der Waals surface area contributed by atoms with E-state index in [1.54, 1.807) is 29.4 Å². The summed E-state index contributed by atoms with van der Waals surface area (Å²) in [4.78, 5) is 16.3. The van der Waals surface area contributed by atoms with Gasteiger partial charge >= 0.3 is 0 Å². The Bertz CT molecular complexity index is 735. The van der Waals surface area contributed by atoms with Gasteiger partial charge in [-0.3, -0.25) is 9.69 Å². The van der Waals surface area contributed by atoms with Gasteiger partial charge in [-0.1, -0.05) is 6.07 Å². The summed E-state index contributed by atoms with van der Waals surface area (Å²) < 4.78 is 23.9. The summed E-state index contributed by atoms with van der Waals surface area (Å²) in [6, 6.07) is 8.44. The molecular formula is C19H21FN2O3. The second kappa shape index (κ2) is 7.98. The molecule has 0 bridgehead atoms. The molecule has 0 atom stereocenters. The molecule has 1 aliphatic heterocycles. The fourth-order valence-electron chi connectivity index (χ4n) is 2.81. The maximum Gasteiger partial charge on any atom is 0.246 e. The Labute approximate surface area is 146 Å². The molecule has 1 amide bonds. The lowest BCUT2D eigenvalue weighted by Crippen LogP contribution is -2.47. The zero-order chi connectivity index (χ0) is 17.6. The Balaban J connectivity index is 1.51. The van der Waals surface area contributed by atoms with Gasteiger partial charge in [-0.05, 0) is 35.9 Å². The van der Waals surface area contributed by atoms with Crippen LogP contribution in [0.5, 0.6) is 5.75 Å². The van der Waals surface area contributed by atoms with Gasteiger partial charge in [0.2, 0.25) is 5.91 Å². The molecule has 3 rings (SSSR count). The van der Waals surface area contributed by atoms with Crippen molar-refractivity contribution in [3.05, 3.63) is 59.8 Å². The zero-order valence-electron chi connectivity index (χ0n) is 14.2.